The van der Waals surface area contributed by atoms with E-state index in [4.69, 9.17) is 27.9 Å². The first-order valence-corrected chi connectivity index (χ1v) is 9.21. The zero-order chi connectivity index (χ0) is 17.5. The number of carbonyl (C=O) groups is 1. The van der Waals surface area contributed by atoms with Gasteiger partial charge in [0, 0.05) is 6.42 Å². The Morgan fingerprint density at radius 3 is 2.54 bits per heavy atom. The van der Waals surface area contributed by atoms with Gasteiger partial charge in [-0.2, -0.15) is 0 Å². The Hall–Kier alpha value is -1.76. The molecule has 0 bridgehead atoms. The summed E-state index contributed by atoms with van der Waals surface area (Å²) < 4.78 is 32.1. The molecule has 0 radical (unpaired) electrons. The van der Waals surface area contributed by atoms with Crippen LogP contribution in [0.25, 0.3) is 0 Å². The summed E-state index contributed by atoms with van der Waals surface area (Å²) in [5.41, 5.74) is 1.22. The third-order valence-electron chi connectivity index (χ3n) is 3.85. The zero-order valence-corrected chi connectivity index (χ0v) is 14.9. The minimum atomic E-state index is -4.01. The number of carbonyl (C=O) groups excluding carboxylic acids is 1. The van der Waals surface area contributed by atoms with Crippen molar-refractivity contribution in [3.8, 4) is 0 Å². The van der Waals surface area contributed by atoms with Crippen LogP contribution in [0.4, 0.5) is 5.69 Å². The number of halogens is 2. The summed E-state index contributed by atoms with van der Waals surface area (Å²) >= 11 is 11.8. The van der Waals surface area contributed by atoms with E-state index >= 15 is 0 Å². The standard InChI is InChI=1S/C16H13Cl2NO4S/c1-23-16(20)15-8-10-4-2-3-5-14(10)19(15)24(21,22)11-6-7-12(17)13(18)9-11/h2-7,9,15H,8H2,1H3. The van der Waals surface area contributed by atoms with Gasteiger partial charge in [-0.1, -0.05) is 41.4 Å². The average molecular weight is 386 g/mol. The molecule has 0 amide bonds. The number of sulfonamides is 1. The van der Waals surface area contributed by atoms with Crippen LogP contribution in [-0.4, -0.2) is 27.5 Å². The molecular weight excluding hydrogens is 373 g/mol. The molecule has 0 N–H and O–H groups in total. The van der Waals surface area contributed by atoms with Crippen molar-refractivity contribution in [2.45, 2.75) is 17.4 Å². The van der Waals surface area contributed by atoms with Crippen molar-refractivity contribution in [3.05, 3.63) is 58.1 Å². The number of anilines is 1. The lowest BCUT2D eigenvalue weighted by Crippen LogP contribution is -2.43. The number of hydrogen-bond donors (Lipinski definition) is 0. The number of hydrogen-bond acceptors (Lipinski definition) is 4. The number of methoxy groups -OCH3 is 1. The van der Waals surface area contributed by atoms with E-state index in [2.05, 4.69) is 0 Å². The third kappa shape index (κ3) is 2.75. The van der Waals surface area contributed by atoms with Crippen LogP contribution >= 0.6 is 23.2 Å². The molecule has 8 heteroatoms. The predicted molar refractivity (Wildman–Crippen MR) is 92.1 cm³/mol. The van der Waals surface area contributed by atoms with Crippen molar-refractivity contribution in [1.29, 1.82) is 0 Å². The molecule has 0 fully saturated rings. The smallest absolute Gasteiger partial charge is 0.330 e. The van der Waals surface area contributed by atoms with E-state index in [1.54, 1.807) is 24.3 Å². The van der Waals surface area contributed by atoms with Crippen molar-refractivity contribution in [3.63, 3.8) is 0 Å². The van der Waals surface area contributed by atoms with E-state index in [0.29, 0.717) is 5.69 Å². The first-order chi connectivity index (χ1) is 11.4. The number of esters is 1. The zero-order valence-electron chi connectivity index (χ0n) is 12.6. The van der Waals surface area contributed by atoms with E-state index in [1.165, 1.54) is 25.3 Å². The lowest BCUT2D eigenvalue weighted by atomic mass is 10.1. The molecule has 1 unspecified atom stereocenters. The van der Waals surface area contributed by atoms with Crippen LogP contribution in [-0.2, 0) is 26.0 Å². The maximum absolute atomic E-state index is 13.1. The van der Waals surface area contributed by atoms with Crippen molar-refractivity contribution < 1.29 is 17.9 Å². The highest BCUT2D eigenvalue weighted by Gasteiger charge is 2.42. The van der Waals surface area contributed by atoms with Gasteiger partial charge in [0.05, 0.1) is 27.7 Å². The van der Waals surface area contributed by atoms with Gasteiger partial charge in [-0.15, -0.1) is 0 Å². The van der Waals surface area contributed by atoms with E-state index in [-0.39, 0.29) is 21.4 Å². The lowest BCUT2D eigenvalue weighted by Gasteiger charge is -2.25. The van der Waals surface area contributed by atoms with Gasteiger partial charge in [0.15, 0.2) is 0 Å². The fourth-order valence-corrected chi connectivity index (χ4v) is 4.75. The molecule has 1 aliphatic rings. The molecule has 1 aliphatic heterocycles. The Bertz CT molecular complexity index is 914. The van der Waals surface area contributed by atoms with Gasteiger partial charge >= 0.3 is 5.97 Å². The van der Waals surface area contributed by atoms with Crippen molar-refractivity contribution >= 4 is 44.9 Å². The quantitative estimate of drug-likeness (QED) is 0.760. The monoisotopic (exact) mass is 385 g/mol. The summed E-state index contributed by atoms with van der Waals surface area (Å²) in [6.07, 6.45) is 0.253. The van der Waals surface area contributed by atoms with Crippen LogP contribution in [0.5, 0.6) is 0 Å². The Morgan fingerprint density at radius 1 is 1.17 bits per heavy atom. The minimum Gasteiger partial charge on any atom is -0.467 e. The molecule has 24 heavy (non-hydrogen) atoms. The number of nitrogens with zero attached hydrogens (tertiary/aromatic N) is 1. The molecule has 0 spiro atoms. The van der Waals surface area contributed by atoms with Crippen LogP contribution in [0, 0.1) is 0 Å². The number of fused-ring (bicyclic) bond motifs is 1. The second-order valence-electron chi connectivity index (χ2n) is 5.25. The summed E-state index contributed by atoms with van der Waals surface area (Å²) in [5.74, 6) is -0.616. The van der Waals surface area contributed by atoms with Crippen LogP contribution in [0.3, 0.4) is 0 Å². The van der Waals surface area contributed by atoms with Crippen molar-refractivity contribution in [1.82, 2.24) is 0 Å². The summed E-state index contributed by atoms with van der Waals surface area (Å²) in [7, 11) is -2.77. The molecule has 0 saturated carbocycles. The van der Waals surface area contributed by atoms with Gasteiger partial charge in [0.25, 0.3) is 10.0 Å². The highest BCUT2D eigenvalue weighted by molar-refractivity contribution is 7.93. The summed E-state index contributed by atoms with van der Waals surface area (Å²) in [6.45, 7) is 0. The summed E-state index contributed by atoms with van der Waals surface area (Å²) in [6, 6.07) is 10.0. The van der Waals surface area contributed by atoms with Gasteiger partial charge in [-0.05, 0) is 29.8 Å². The maximum atomic E-state index is 13.1. The minimum absolute atomic E-state index is 0.0393. The molecule has 2 aromatic rings. The number of ether oxygens (including phenoxy) is 1. The lowest BCUT2D eigenvalue weighted by molar-refractivity contribution is -0.141. The van der Waals surface area contributed by atoms with Crippen LogP contribution in [0.2, 0.25) is 10.0 Å². The maximum Gasteiger partial charge on any atom is 0.330 e. The van der Waals surface area contributed by atoms with Gasteiger partial charge < -0.3 is 4.74 Å². The van der Waals surface area contributed by atoms with Gasteiger partial charge in [-0.25, -0.2) is 13.2 Å². The van der Waals surface area contributed by atoms with Crippen LogP contribution < -0.4 is 4.31 Å². The predicted octanol–water partition coefficient (Wildman–Crippen LogP) is 3.29. The molecule has 0 saturated heterocycles. The third-order valence-corrected chi connectivity index (χ3v) is 6.40. The molecule has 1 atom stereocenters. The molecule has 2 aromatic carbocycles. The second-order valence-corrected chi connectivity index (χ2v) is 7.88. The van der Waals surface area contributed by atoms with Gasteiger partial charge in [-0.3, -0.25) is 4.31 Å². The molecule has 126 valence electrons. The van der Waals surface area contributed by atoms with Crippen LogP contribution in [0.15, 0.2) is 47.4 Å². The number of para-hydroxylation sites is 1. The SMILES string of the molecule is COC(=O)C1Cc2ccccc2N1S(=O)(=O)c1ccc(Cl)c(Cl)c1. The average Bonchev–Trinajstić information content (AvgIpc) is 2.96. The Morgan fingerprint density at radius 2 is 1.88 bits per heavy atom. The molecule has 1 heterocycles. The highest BCUT2D eigenvalue weighted by Crippen LogP contribution is 2.38. The number of rotatable bonds is 3. The van der Waals surface area contributed by atoms with Crippen LogP contribution in [0.1, 0.15) is 5.56 Å². The highest BCUT2D eigenvalue weighted by atomic mass is 35.5. The number of benzene rings is 2. The van der Waals surface area contributed by atoms with Gasteiger partial charge in [0.2, 0.25) is 0 Å². The molecular formula is C16H13Cl2NO4S. The fraction of sp³-hybridized carbons (Fsp3) is 0.188. The normalized spacial score (nSPS) is 16.8. The molecule has 3 rings (SSSR count). The second kappa shape index (κ2) is 6.27. The van der Waals surface area contributed by atoms with Crippen molar-refractivity contribution in [2.75, 3.05) is 11.4 Å². The van der Waals surface area contributed by atoms with Gasteiger partial charge in [0.1, 0.15) is 6.04 Å². The fourth-order valence-electron chi connectivity index (χ4n) is 2.72. The topological polar surface area (TPSA) is 63.7 Å². The van der Waals surface area contributed by atoms with E-state index in [0.717, 1.165) is 9.87 Å². The van der Waals surface area contributed by atoms with E-state index in [1.807, 2.05) is 0 Å². The first-order valence-electron chi connectivity index (χ1n) is 7.01. The first kappa shape index (κ1) is 17.1. The molecule has 0 aromatic heterocycles. The Kier molecular flexibility index (Phi) is 4.46. The van der Waals surface area contributed by atoms with E-state index < -0.39 is 22.0 Å². The summed E-state index contributed by atoms with van der Waals surface area (Å²) in [5, 5.41) is 0.377. The van der Waals surface area contributed by atoms with Crippen molar-refractivity contribution in [2.24, 2.45) is 0 Å². The largest absolute Gasteiger partial charge is 0.467 e. The Labute approximate surface area is 149 Å². The molecule has 0 aliphatic carbocycles. The Balaban J connectivity index is 2.15. The van der Waals surface area contributed by atoms with E-state index in [9.17, 15) is 13.2 Å². The summed E-state index contributed by atoms with van der Waals surface area (Å²) in [4.78, 5) is 12.1. The molecule has 5 nitrogen and oxygen atoms in total.